The SMILES string of the molecule is CCN(CC)c1ccc(N=Nc2sc3c(c2S(=O)(=O)O)CC(C)(C)CC3=O)c(Nc2nc(Nc3cc(N(CC)CC)ccc3N=Nc3sc4c(c3S(=O)(=O)O)CC(C)(C)CC4=O)nc(SCCO)n2)c1. The average Bonchev–Trinajstić information content (AvgIpc) is 3.84. The lowest BCUT2D eigenvalue weighted by Crippen LogP contribution is -2.26. The summed E-state index contributed by atoms with van der Waals surface area (Å²) in [5.41, 5.74) is 2.12. The van der Waals surface area contributed by atoms with Crippen LogP contribution in [-0.4, -0.2) is 96.1 Å². The molecule has 0 bridgehead atoms. The lowest BCUT2D eigenvalue weighted by atomic mass is 9.76. The Morgan fingerprint density at radius 1 is 0.643 bits per heavy atom. The quantitative estimate of drug-likeness (QED) is 0.0292. The summed E-state index contributed by atoms with van der Waals surface area (Å²) in [6.07, 6.45) is 0.882. The van der Waals surface area contributed by atoms with Crippen molar-refractivity contribution in [2.75, 3.05) is 59.0 Å². The Labute approximate surface area is 419 Å². The van der Waals surface area contributed by atoms with E-state index < -0.39 is 40.9 Å². The molecule has 20 nitrogen and oxygen atoms in total. The number of hydrogen-bond acceptors (Lipinski definition) is 21. The summed E-state index contributed by atoms with van der Waals surface area (Å²) in [4.78, 5) is 44.1. The molecule has 374 valence electrons. The first-order valence-electron chi connectivity index (χ1n) is 22.5. The zero-order valence-electron chi connectivity index (χ0n) is 39.9. The molecule has 0 spiro atoms. The van der Waals surface area contributed by atoms with Gasteiger partial charge in [0, 0.05) is 56.1 Å². The molecule has 0 fully saturated rings. The maximum atomic E-state index is 13.2. The Kier molecular flexibility index (Phi) is 15.6. The number of ketones is 2. The molecule has 5 N–H and O–H groups in total. The van der Waals surface area contributed by atoms with Crippen LogP contribution < -0.4 is 20.4 Å². The highest BCUT2D eigenvalue weighted by Crippen LogP contribution is 2.49. The van der Waals surface area contributed by atoms with Gasteiger partial charge in [0.15, 0.2) is 26.7 Å². The molecule has 0 unspecified atom stereocenters. The van der Waals surface area contributed by atoms with Crippen molar-refractivity contribution in [1.82, 2.24) is 15.0 Å². The van der Waals surface area contributed by atoms with Gasteiger partial charge in [0.2, 0.25) is 11.9 Å². The van der Waals surface area contributed by atoms with Crippen molar-refractivity contribution in [3.05, 3.63) is 57.3 Å². The van der Waals surface area contributed by atoms with Crippen LogP contribution in [-0.2, 0) is 33.1 Å². The van der Waals surface area contributed by atoms with Crippen LogP contribution in [0.25, 0.3) is 0 Å². The number of aliphatic hydroxyl groups is 1. The molecular weight excluding hydrogens is 999 g/mol. The molecule has 0 atom stereocenters. The number of carbonyl (C=O) groups excluding carboxylic acids is 2. The molecule has 25 heteroatoms. The van der Waals surface area contributed by atoms with Crippen molar-refractivity contribution in [1.29, 1.82) is 0 Å². The van der Waals surface area contributed by atoms with E-state index in [0.29, 0.717) is 37.6 Å². The number of fused-ring (bicyclic) bond motifs is 2. The Hall–Kier alpha value is -5.28. The Bertz CT molecular complexity index is 2930. The van der Waals surface area contributed by atoms with Crippen molar-refractivity contribution >= 4 is 122 Å². The number of azo groups is 2. The van der Waals surface area contributed by atoms with E-state index >= 15 is 0 Å². The summed E-state index contributed by atoms with van der Waals surface area (Å²) >= 11 is 2.87. The third-order valence-electron chi connectivity index (χ3n) is 11.6. The zero-order chi connectivity index (χ0) is 50.9. The minimum absolute atomic E-state index is 0.0294. The lowest BCUT2D eigenvalue weighted by Gasteiger charge is -2.28. The van der Waals surface area contributed by atoms with E-state index in [4.69, 9.17) is 4.98 Å². The van der Waals surface area contributed by atoms with E-state index in [1.54, 1.807) is 24.3 Å². The van der Waals surface area contributed by atoms with Gasteiger partial charge in [-0.15, -0.1) is 43.1 Å². The second-order valence-corrected chi connectivity index (χ2v) is 23.9. The lowest BCUT2D eigenvalue weighted by molar-refractivity contribution is 0.0907. The number of anilines is 6. The fourth-order valence-electron chi connectivity index (χ4n) is 8.52. The highest BCUT2D eigenvalue weighted by atomic mass is 32.2. The zero-order valence-corrected chi connectivity index (χ0v) is 44.0. The molecule has 0 amide bonds. The predicted octanol–water partition coefficient (Wildman–Crippen LogP) is 10.9. The third kappa shape index (κ3) is 11.7. The van der Waals surface area contributed by atoms with Gasteiger partial charge in [-0.1, -0.05) is 39.5 Å². The van der Waals surface area contributed by atoms with Gasteiger partial charge < -0.3 is 25.5 Å². The number of thioether (sulfide) groups is 1. The summed E-state index contributed by atoms with van der Waals surface area (Å²) in [5.74, 6) is -0.195. The van der Waals surface area contributed by atoms with Crippen LogP contribution in [0.2, 0.25) is 0 Å². The van der Waals surface area contributed by atoms with Gasteiger partial charge in [-0.3, -0.25) is 18.7 Å². The Morgan fingerprint density at radius 3 is 1.40 bits per heavy atom. The second kappa shape index (κ2) is 20.8. The van der Waals surface area contributed by atoms with Crippen LogP contribution in [0.4, 0.5) is 56.0 Å². The molecule has 7 rings (SSSR count). The van der Waals surface area contributed by atoms with Crippen LogP contribution in [0.5, 0.6) is 0 Å². The summed E-state index contributed by atoms with van der Waals surface area (Å²) in [7, 11) is -9.63. The summed E-state index contributed by atoms with van der Waals surface area (Å²) in [5, 5.41) is 33.8. The van der Waals surface area contributed by atoms with E-state index in [-0.39, 0.29) is 109 Å². The number of carbonyl (C=O) groups is 2. The van der Waals surface area contributed by atoms with Gasteiger partial charge in [0.05, 0.1) is 27.7 Å². The van der Waals surface area contributed by atoms with Crippen LogP contribution in [0, 0.1) is 10.8 Å². The first kappa shape index (κ1) is 52.5. The first-order valence-corrected chi connectivity index (χ1v) is 28.0. The minimum Gasteiger partial charge on any atom is -0.396 e. The molecule has 3 heterocycles. The Balaban J connectivity index is 1.31. The Morgan fingerprint density at radius 2 is 1.04 bits per heavy atom. The molecule has 2 aliphatic carbocycles. The van der Waals surface area contributed by atoms with E-state index in [1.165, 1.54) is 0 Å². The number of rotatable bonds is 19. The van der Waals surface area contributed by atoms with Crippen molar-refractivity contribution < 1.29 is 40.6 Å². The second-order valence-electron chi connectivity index (χ2n) is 18.2. The number of Topliss-reactive ketones (excluding diaryl/α,β-unsaturated/α-hetero) is 2. The maximum Gasteiger partial charge on any atom is 0.297 e. The summed E-state index contributed by atoms with van der Waals surface area (Å²) < 4.78 is 72.1. The van der Waals surface area contributed by atoms with Gasteiger partial charge >= 0.3 is 0 Å². The fraction of sp³-hybridized carbons (Fsp3) is 0.444. The molecule has 5 aromatic rings. The monoisotopic (exact) mass is 1050 g/mol. The van der Waals surface area contributed by atoms with Gasteiger partial charge in [-0.2, -0.15) is 31.8 Å². The molecule has 0 saturated heterocycles. The molecule has 2 aliphatic rings. The van der Waals surface area contributed by atoms with Gasteiger partial charge in [0.1, 0.15) is 21.2 Å². The summed E-state index contributed by atoms with van der Waals surface area (Å²) in [6, 6.07) is 10.6. The minimum atomic E-state index is -4.82. The van der Waals surface area contributed by atoms with Crippen LogP contribution in [0.3, 0.4) is 0 Å². The number of aliphatic hydroxyl groups excluding tert-OH is 1. The standard InChI is InChI=1S/C45H55N11O9S5/c1-9-55(10-2)25-13-15-29(51-53-39-37(69(60,61)62)27-21-44(5,6)23-33(58)35(27)67-39)31(19-25)46-41-48-42(50-43(49-41)66-18-17-57)47-32-20-26(56(11-3)12-4)14-16-30(32)52-54-40-38(70(63,64)65)28-22-45(7,8)24-34(59)36(28)68-40/h13-16,19-20,57H,9-12,17-18,21-24H2,1-8H3,(H,60,61,62)(H,63,64,65)(H2,46,47,48,49,50). The normalized spacial score (nSPS) is 15.6. The number of hydrogen-bond donors (Lipinski definition) is 5. The largest absolute Gasteiger partial charge is 0.396 e. The number of nitrogens with zero attached hydrogens (tertiary/aromatic N) is 9. The number of aromatic nitrogens is 3. The van der Waals surface area contributed by atoms with Crippen LogP contribution in [0.1, 0.15) is 98.7 Å². The topological polar surface area (TPSA) is 282 Å². The van der Waals surface area contributed by atoms with E-state index in [9.17, 15) is 40.6 Å². The number of benzene rings is 2. The highest BCUT2D eigenvalue weighted by Gasteiger charge is 2.40. The molecule has 0 radical (unpaired) electrons. The molecule has 3 aromatic heterocycles. The van der Waals surface area contributed by atoms with E-state index in [1.807, 2.05) is 67.5 Å². The van der Waals surface area contributed by atoms with Crippen molar-refractivity contribution in [3.63, 3.8) is 0 Å². The van der Waals surface area contributed by atoms with Gasteiger partial charge in [0.25, 0.3) is 20.2 Å². The van der Waals surface area contributed by atoms with Crippen molar-refractivity contribution in [2.45, 2.75) is 96.0 Å². The van der Waals surface area contributed by atoms with Gasteiger partial charge in [-0.25, -0.2) is 0 Å². The smallest absolute Gasteiger partial charge is 0.297 e. The maximum absolute atomic E-state index is 13.2. The van der Waals surface area contributed by atoms with Crippen molar-refractivity contribution in [3.8, 4) is 0 Å². The molecule has 70 heavy (non-hydrogen) atoms. The van der Waals surface area contributed by atoms with Crippen LogP contribution in [0.15, 0.2) is 71.8 Å². The average molecular weight is 1050 g/mol. The number of thiophene rings is 2. The fourth-order valence-corrected chi connectivity index (χ4v) is 13.6. The predicted molar refractivity (Wildman–Crippen MR) is 274 cm³/mol. The number of nitrogens with one attached hydrogen (secondary N) is 2. The molecule has 2 aromatic carbocycles. The van der Waals surface area contributed by atoms with E-state index in [2.05, 4.69) is 50.9 Å². The molecular formula is C45H55N11O9S5. The first-order chi connectivity index (χ1) is 33.0. The highest BCUT2D eigenvalue weighted by molar-refractivity contribution is 7.99. The molecule has 0 saturated carbocycles. The van der Waals surface area contributed by atoms with Gasteiger partial charge in [-0.05, 0) is 98.9 Å². The van der Waals surface area contributed by atoms with E-state index in [0.717, 1.165) is 45.8 Å². The summed E-state index contributed by atoms with van der Waals surface area (Å²) in [6.45, 7) is 17.9. The molecule has 0 aliphatic heterocycles. The van der Waals surface area contributed by atoms with Crippen molar-refractivity contribution in [2.24, 2.45) is 31.3 Å². The third-order valence-corrected chi connectivity index (χ3v) is 17.0. The van der Waals surface area contributed by atoms with Crippen LogP contribution >= 0.6 is 34.4 Å².